The zero-order valence-corrected chi connectivity index (χ0v) is 31.2. The van der Waals surface area contributed by atoms with Crippen LogP contribution in [0.3, 0.4) is 0 Å². The molecule has 0 rings (SSSR count). The molecule has 0 aliphatic heterocycles. The number of aliphatic hydroxyl groups excluding tert-OH is 1. The minimum absolute atomic E-state index is 0.0785. The number of hydrogen-bond donors (Lipinski definition) is 1. The molecule has 276 valence electrons. The number of carbonyl (C=O) groups is 2. The average molecular weight is 671 g/mol. The molecule has 0 saturated heterocycles. The molecule has 1 atom stereocenters. The Kier molecular flexibility index (Phi) is 37.1. The first-order valence-electron chi connectivity index (χ1n) is 19.8. The maximum Gasteiger partial charge on any atom is 0.306 e. The van der Waals surface area contributed by atoms with Crippen molar-refractivity contribution in [2.24, 2.45) is 0 Å². The smallest absolute Gasteiger partial charge is 0.306 e. The normalized spacial score (nSPS) is 12.8. The van der Waals surface area contributed by atoms with E-state index in [2.05, 4.69) is 74.6 Å². The summed E-state index contributed by atoms with van der Waals surface area (Å²) in [6.07, 6.45) is 49.9. The molecule has 0 aromatic heterocycles. The Morgan fingerprint density at radius 2 is 0.896 bits per heavy atom. The lowest BCUT2D eigenvalue weighted by atomic mass is 10.1. The summed E-state index contributed by atoms with van der Waals surface area (Å²) in [5.74, 6) is -0.618. The van der Waals surface area contributed by atoms with Crippen LogP contribution in [0, 0.1) is 0 Å². The van der Waals surface area contributed by atoms with E-state index in [1.54, 1.807) is 0 Å². The second kappa shape index (κ2) is 39.0. The van der Waals surface area contributed by atoms with Crippen molar-refractivity contribution in [2.75, 3.05) is 13.2 Å². The fourth-order valence-corrected chi connectivity index (χ4v) is 5.30. The standard InChI is InChI=1S/C43H74O5/c1-3-5-7-9-11-13-15-17-19-20-21-22-24-26-28-30-32-34-36-38-43(46)48-41(39-44)40-47-42(45)37-35-33-31-29-27-25-23-18-16-14-12-10-8-6-4-2/h6,8,11-14,17-19,23,41,44H,3-5,7,9-10,15-16,20-22,24-40H2,1-2H3/t41-/m0/s1. The van der Waals surface area contributed by atoms with E-state index in [0.29, 0.717) is 12.8 Å². The van der Waals surface area contributed by atoms with Gasteiger partial charge in [0.15, 0.2) is 6.10 Å². The van der Waals surface area contributed by atoms with Crippen molar-refractivity contribution in [1.82, 2.24) is 0 Å². The van der Waals surface area contributed by atoms with Crippen LogP contribution in [0.4, 0.5) is 0 Å². The third-order valence-electron chi connectivity index (χ3n) is 8.30. The predicted molar refractivity (Wildman–Crippen MR) is 205 cm³/mol. The van der Waals surface area contributed by atoms with Crippen molar-refractivity contribution in [3.63, 3.8) is 0 Å². The number of unbranched alkanes of at least 4 members (excludes halogenated alkanes) is 17. The summed E-state index contributed by atoms with van der Waals surface area (Å²) in [5.41, 5.74) is 0. The number of hydrogen-bond acceptors (Lipinski definition) is 5. The summed E-state index contributed by atoms with van der Waals surface area (Å²) in [7, 11) is 0. The molecule has 5 heteroatoms. The first kappa shape index (κ1) is 45.6. The monoisotopic (exact) mass is 671 g/mol. The SMILES string of the molecule is CCC=CCC=CCC=CCCCCCCCC(=O)OC[C@H](CO)OC(=O)CCCCCCCCCCCC=CCC=CCCCCC. The Bertz CT molecular complexity index is 853. The summed E-state index contributed by atoms with van der Waals surface area (Å²) in [6.45, 7) is 3.98. The molecular weight excluding hydrogens is 596 g/mol. The number of esters is 2. The van der Waals surface area contributed by atoms with Gasteiger partial charge in [-0.25, -0.2) is 0 Å². The Hall–Kier alpha value is -2.40. The molecule has 0 aromatic rings. The van der Waals surface area contributed by atoms with Crippen LogP contribution in [0.2, 0.25) is 0 Å². The van der Waals surface area contributed by atoms with Crippen molar-refractivity contribution < 1.29 is 24.2 Å². The van der Waals surface area contributed by atoms with Gasteiger partial charge >= 0.3 is 11.9 Å². The predicted octanol–water partition coefficient (Wildman–Crippen LogP) is 12.4. The van der Waals surface area contributed by atoms with Gasteiger partial charge in [-0.1, -0.05) is 152 Å². The van der Waals surface area contributed by atoms with E-state index in [0.717, 1.165) is 77.0 Å². The molecule has 0 radical (unpaired) electrons. The van der Waals surface area contributed by atoms with Gasteiger partial charge in [-0.15, -0.1) is 0 Å². The van der Waals surface area contributed by atoms with Gasteiger partial charge in [0.05, 0.1) is 6.61 Å². The number of carbonyl (C=O) groups excluding carboxylic acids is 2. The third kappa shape index (κ3) is 36.4. The lowest BCUT2D eigenvalue weighted by Crippen LogP contribution is -2.28. The minimum atomic E-state index is -0.782. The lowest BCUT2D eigenvalue weighted by Gasteiger charge is -2.15. The fraction of sp³-hybridized carbons (Fsp3) is 0.721. The summed E-state index contributed by atoms with van der Waals surface area (Å²) < 4.78 is 10.6. The summed E-state index contributed by atoms with van der Waals surface area (Å²) >= 11 is 0. The summed E-state index contributed by atoms with van der Waals surface area (Å²) in [4.78, 5) is 24.3. The highest BCUT2D eigenvalue weighted by atomic mass is 16.6. The first-order chi connectivity index (χ1) is 23.6. The average Bonchev–Trinajstić information content (AvgIpc) is 3.09. The molecule has 0 aliphatic carbocycles. The third-order valence-corrected chi connectivity index (χ3v) is 8.30. The molecule has 48 heavy (non-hydrogen) atoms. The van der Waals surface area contributed by atoms with Crippen LogP contribution < -0.4 is 0 Å². The van der Waals surface area contributed by atoms with Crippen LogP contribution in [0.1, 0.15) is 181 Å². The Morgan fingerprint density at radius 3 is 1.35 bits per heavy atom. The van der Waals surface area contributed by atoms with Crippen LogP contribution in [-0.2, 0) is 19.1 Å². The van der Waals surface area contributed by atoms with Crippen LogP contribution in [-0.4, -0.2) is 36.4 Å². The van der Waals surface area contributed by atoms with E-state index < -0.39 is 6.10 Å². The minimum Gasteiger partial charge on any atom is -0.462 e. The molecule has 0 heterocycles. The van der Waals surface area contributed by atoms with E-state index in [4.69, 9.17) is 9.47 Å². The highest BCUT2D eigenvalue weighted by molar-refractivity contribution is 5.70. The van der Waals surface area contributed by atoms with E-state index >= 15 is 0 Å². The molecule has 0 amide bonds. The highest BCUT2D eigenvalue weighted by Gasteiger charge is 2.16. The zero-order valence-electron chi connectivity index (χ0n) is 31.2. The van der Waals surface area contributed by atoms with Gasteiger partial charge in [-0.3, -0.25) is 9.59 Å². The second-order valence-corrected chi connectivity index (χ2v) is 13.0. The molecule has 5 nitrogen and oxygen atoms in total. The second-order valence-electron chi connectivity index (χ2n) is 13.0. The van der Waals surface area contributed by atoms with E-state index in [1.807, 2.05) is 0 Å². The largest absolute Gasteiger partial charge is 0.462 e. The molecular formula is C43H74O5. The quantitative estimate of drug-likeness (QED) is 0.0413. The topological polar surface area (TPSA) is 72.8 Å². The number of allylic oxidation sites excluding steroid dienone is 10. The van der Waals surface area contributed by atoms with E-state index in [1.165, 1.54) is 77.0 Å². The van der Waals surface area contributed by atoms with Crippen LogP contribution >= 0.6 is 0 Å². The van der Waals surface area contributed by atoms with Gasteiger partial charge in [0.25, 0.3) is 0 Å². The van der Waals surface area contributed by atoms with Crippen LogP contribution in [0.15, 0.2) is 60.8 Å². The van der Waals surface area contributed by atoms with Gasteiger partial charge < -0.3 is 14.6 Å². The Balaban J connectivity index is 3.59. The van der Waals surface area contributed by atoms with Crippen molar-refractivity contribution >= 4 is 11.9 Å². The van der Waals surface area contributed by atoms with Crippen LogP contribution in [0.5, 0.6) is 0 Å². The molecule has 0 aromatic carbocycles. The van der Waals surface area contributed by atoms with Gasteiger partial charge in [0.2, 0.25) is 0 Å². The van der Waals surface area contributed by atoms with Crippen LogP contribution in [0.25, 0.3) is 0 Å². The maximum atomic E-state index is 12.2. The molecule has 0 unspecified atom stereocenters. The summed E-state index contributed by atoms with van der Waals surface area (Å²) in [5, 5.41) is 9.55. The summed E-state index contributed by atoms with van der Waals surface area (Å²) in [6, 6.07) is 0. The van der Waals surface area contributed by atoms with Crippen molar-refractivity contribution in [3.8, 4) is 0 Å². The maximum absolute atomic E-state index is 12.2. The van der Waals surface area contributed by atoms with Gasteiger partial charge in [0.1, 0.15) is 6.61 Å². The highest BCUT2D eigenvalue weighted by Crippen LogP contribution is 2.13. The first-order valence-corrected chi connectivity index (χ1v) is 19.8. The van der Waals surface area contributed by atoms with Crippen molar-refractivity contribution in [1.29, 1.82) is 0 Å². The van der Waals surface area contributed by atoms with Crippen molar-refractivity contribution in [2.45, 2.75) is 187 Å². The van der Waals surface area contributed by atoms with Gasteiger partial charge in [-0.05, 0) is 77.0 Å². The van der Waals surface area contributed by atoms with Gasteiger partial charge in [0, 0.05) is 12.8 Å². The van der Waals surface area contributed by atoms with E-state index in [9.17, 15) is 14.7 Å². The van der Waals surface area contributed by atoms with Gasteiger partial charge in [-0.2, -0.15) is 0 Å². The molecule has 0 fully saturated rings. The lowest BCUT2D eigenvalue weighted by molar-refractivity contribution is -0.161. The van der Waals surface area contributed by atoms with Crippen molar-refractivity contribution in [3.05, 3.63) is 60.8 Å². The molecule has 1 N–H and O–H groups in total. The zero-order chi connectivity index (χ0) is 35.0. The Morgan fingerprint density at radius 1 is 0.500 bits per heavy atom. The number of aliphatic hydroxyl groups is 1. The molecule has 0 saturated carbocycles. The molecule has 0 spiro atoms. The Labute approximate surface area is 296 Å². The van der Waals surface area contributed by atoms with E-state index in [-0.39, 0.29) is 25.2 Å². The fourth-order valence-electron chi connectivity index (χ4n) is 5.30. The molecule has 0 aliphatic rings. The molecule has 0 bridgehead atoms. The number of ether oxygens (including phenoxy) is 2. The number of rotatable bonds is 35.